The monoisotopic (exact) mass is 546 g/mol. The number of likely N-dealkylation sites (tertiary alicyclic amines) is 1. The number of benzene rings is 3. The summed E-state index contributed by atoms with van der Waals surface area (Å²) in [7, 11) is 0. The largest absolute Gasteiger partial charge is 0.348 e. The van der Waals surface area contributed by atoms with Gasteiger partial charge in [-0.25, -0.2) is 0 Å². The van der Waals surface area contributed by atoms with E-state index in [1.54, 1.807) is 0 Å². The lowest BCUT2D eigenvalue weighted by Crippen LogP contribution is -2.57. The van der Waals surface area contributed by atoms with Crippen LogP contribution in [0.25, 0.3) is 0 Å². The minimum Gasteiger partial charge on any atom is -0.348 e. The Bertz CT molecular complexity index is 1350. The van der Waals surface area contributed by atoms with Gasteiger partial charge in [0.2, 0.25) is 17.7 Å². The maximum atomic E-state index is 14.3. The van der Waals surface area contributed by atoms with Crippen molar-refractivity contribution >= 4 is 40.9 Å². The third-order valence-corrected chi connectivity index (χ3v) is 9.74. The molecule has 3 aromatic rings. The van der Waals surface area contributed by atoms with Crippen LogP contribution in [0.15, 0.2) is 78.9 Å². The fourth-order valence-corrected chi connectivity index (χ4v) is 7.90. The molecule has 1 heterocycles. The minimum atomic E-state index is -1.27. The molecule has 0 aromatic heterocycles. The minimum absolute atomic E-state index is 0.302. The molecule has 7 heteroatoms. The van der Waals surface area contributed by atoms with Gasteiger partial charge < -0.3 is 5.32 Å². The van der Waals surface area contributed by atoms with Crippen molar-refractivity contribution < 1.29 is 14.4 Å². The average Bonchev–Trinajstić information content (AvgIpc) is 3.18. The number of nitrogens with zero attached hydrogens (tertiary/aromatic N) is 1. The van der Waals surface area contributed by atoms with Crippen LogP contribution in [0.2, 0.25) is 0 Å². The van der Waals surface area contributed by atoms with Crippen molar-refractivity contribution in [2.24, 2.45) is 17.8 Å². The van der Waals surface area contributed by atoms with Crippen molar-refractivity contribution in [1.82, 2.24) is 10.2 Å². The van der Waals surface area contributed by atoms with E-state index < -0.39 is 39.4 Å². The van der Waals surface area contributed by atoms with E-state index in [9.17, 15) is 14.4 Å². The summed E-state index contributed by atoms with van der Waals surface area (Å²) < 4.78 is 0. The maximum Gasteiger partial charge on any atom is 0.244 e. The summed E-state index contributed by atoms with van der Waals surface area (Å²) in [5, 5.41) is 3.02. The highest BCUT2D eigenvalue weighted by Gasteiger charge is 2.73. The number of alkyl halides is 2. The number of hydrogen-bond acceptors (Lipinski definition) is 3. The van der Waals surface area contributed by atoms with Gasteiger partial charge in [-0.15, -0.1) is 23.2 Å². The van der Waals surface area contributed by atoms with E-state index >= 15 is 0 Å². The van der Waals surface area contributed by atoms with Crippen molar-refractivity contribution in [3.8, 4) is 0 Å². The lowest BCUT2D eigenvalue weighted by Gasteiger charge is -2.54. The van der Waals surface area contributed by atoms with Gasteiger partial charge in [0.15, 0.2) is 0 Å². The van der Waals surface area contributed by atoms with Crippen LogP contribution in [-0.4, -0.2) is 28.7 Å². The molecule has 0 radical (unpaired) electrons. The number of carbonyl (C=O) groups is 3. The molecule has 3 aliphatic carbocycles. The summed E-state index contributed by atoms with van der Waals surface area (Å²) in [5.41, 5.74) is 3.89. The SMILES string of the molecule is CC(C)[C@@H](C(=O)N[C@@H](C)c1ccccc1)N1C(=O)[C@@H]2[C@@H](C1=O)C1(Cl)c3ccccc3C2(Cl)c2ccccc21. The van der Waals surface area contributed by atoms with Gasteiger partial charge in [-0.1, -0.05) is 92.7 Å². The van der Waals surface area contributed by atoms with Crippen molar-refractivity contribution in [1.29, 1.82) is 0 Å². The normalized spacial score (nSPS) is 28.5. The Morgan fingerprint density at radius 3 is 1.53 bits per heavy atom. The lowest BCUT2D eigenvalue weighted by molar-refractivity contribution is -0.150. The molecule has 194 valence electrons. The molecule has 0 spiro atoms. The molecular weight excluding hydrogens is 519 g/mol. The Balaban J connectivity index is 1.45. The molecule has 0 saturated carbocycles. The zero-order valence-corrected chi connectivity index (χ0v) is 22.8. The summed E-state index contributed by atoms with van der Waals surface area (Å²) in [6, 6.07) is 23.3. The van der Waals surface area contributed by atoms with Crippen LogP contribution in [0.5, 0.6) is 0 Å². The highest BCUT2D eigenvalue weighted by Crippen LogP contribution is 2.69. The Kier molecular flexibility index (Phi) is 5.75. The number of halogens is 2. The molecule has 3 aromatic carbocycles. The maximum absolute atomic E-state index is 14.3. The van der Waals surface area contributed by atoms with Gasteiger partial charge in [-0.2, -0.15) is 0 Å². The van der Waals surface area contributed by atoms with Crippen LogP contribution in [0.4, 0.5) is 0 Å². The van der Waals surface area contributed by atoms with Crippen molar-refractivity contribution in [2.75, 3.05) is 0 Å². The van der Waals surface area contributed by atoms with Gasteiger partial charge in [0.05, 0.1) is 17.9 Å². The lowest BCUT2D eigenvalue weighted by atomic mass is 9.54. The molecule has 5 nitrogen and oxygen atoms in total. The van der Waals surface area contributed by atoms with Crippen LogP contribution in [0, 0.1) is 17.8 Å². The molecule has 38 heavy (non-hydrogen) atoms. The van der Waals surface area contributed by atoms with Crippen LogP contribution in [-0.2, 0) is 24.1 Å². The average molecular weight is 547 g/mol. The molecule has 1 saturated heterocycles. The fourth-order valence-electron chi connectivity index (χ4n) is 6.80. The van der Waals surface area contributed by atoms with Gasteiger partial charge >= 0.3 is 0 Å². The fraction of sp³-hybridized carbons (Fsp3) is 0.323. The van der Waals surface area contributed by atoms with Crippen molar-refractivity contribution in [3.05, 3.63) is 107 Å². The number of nitrogens with one attached hydrogen (secondary N) is 1. The van der Waals surface area contributed by atoms with E-state index in [2.05, 4.69) is 5.32 Å². The summed E-state index contributed by atoms with van der Waals surface area (Å²) in [6.45, 7) is 5.56. The van der Waals surface area contributed by atoms with E-state index in [0.29, 0.717) is 0 Å². The standard InChI is InChI=1S/C31H28Cl2N2O3/c1-17(2)26(27(36)34-18(3)19-11-5-4-6-12-19)35-28(37)24-25(29(35)38)31(33)21-14-8-7-13-20(21)30(24,32)22-15-9-10-16-23(22)31/h4-18,24-26H,1-3H3,(H,34,36)/t18-,24-,25-,26-,30?,31?/m0/s1. The van der Waals surface area contributed by atoms with Crippen molar-refractivity contribution in [2.45, 2.75) is 42.6 Å². The molecule has 7 rings (SSSR count). The molecule has 2 bridgehead atoms. The van der Waals surface area contributed by atoms with E-state index in [-0.39, 0.29) is 17.9 Å². The molecule has 1 fully saturated rings. The third kappa shape index (κ3) is 3.15. The Labute approximate surface area is 232 Å². The number of hydrogen-bond donors (Lipinski definition) is 1. The molecule has 1 N–H and O–H groups in total. The highest BCUT2D eigenvalue weighted by atomic mass is 35.5. The summed E-state index contributed by atoms with van der Waals surface area (Å²) in [4.78, 5) is 40.9. The first-order valence-corrected chi connectivity index (χ1v) is 13.7. The number of amides is 3. The number of carbonyl (C=O) groups excluding carboxylic acids is 3. The predicted octanol–water partition coefficient (Wildman–Crippen LogP) is 5.48. The van der Waals surface area contributed by atoms with Crippen LogP contribution < -0.4 is 5.32 Å². The van der Waals surface area contributed by atoms with E-state index in [1.807, 2.05) is 99.6 Å². The van der Waals surface area contributed by atoms with E-state index in [0.717, 1.165) is 32.7 Å². The second-order valence-corrected chi connectivity index (χ2v) is 12.0. The van der Waals surface area contributed by atoms with Gasteiger partial charge in [-0.05, 0) is 40.7 Å². The third-order valence-electron chi connectivity index (χ3n) is 8.46. The first-order chi connectivity index (χ1) is 18.1. The zero-order valence-electron chi connectivity index (χ0n) is 21.3. The van der Waals surface area contributed by atoms with Crippen molar-refractivity contribution in [3.63, 3.8) is 0 Å². The molecule has 4 aliphatic rings. The quantitative estimate of drug-likeness (QED) is 0.340. The second kappa shape index (κ2) is 8.69. The Hall–Kier alpha value is -3.15. The number of rotatable bonds is 5. The van der Waals surface area contributed by atoms with Crippen LogP contribution >= 0.6 is 23.2 Å². The molecule has 4 atom stereocenters. The summed E-state index contributed by atoms with van der Waals surface area (Å²) in [6.07, 6.45) is 0. The molecule has 3 amide bonds. The summed E-state index contributed by atoms with van der Waals surface area (Å²) in [5.74, 6) is -3.48. The number of imide groups is 1. The highest BCUT2D eigenvalue weighted by molar-refractivity contribution is 6.36. The Morgan fingerprint density at radius 2 is 1.13 bits per heavy atom. The second-order valence-electron chi connectivity index (χ2n) is 10.8. The Morgan fingerprint density at radius 1 is 0.737 bits per heavy atom. The molecule has 1 aliphatic heterocycles. The van der Waals surface area contributed by atoms with Gasteiger partial charge in [-0.3, -0.25) is 19.3 Å². The van der Waals surface area contributed by atoms with Gasteiger partial charge in [0.1, 0.15) is 15.8 Å². The molecular formula is C31H28Cl2N2O3. The zero-order chi connectivity index (χ0) is 27.0. The van der Waals surface area contributed by atoms with E-state index in [4.69, 9.17) is 23.2 Å². The van der Waals surface area contributed by atoms with E-state index in [1.165, 1.54) is 0 Å². The first-order valence-electron chi connectivity index (χ1n) is 12.9. The molecule has 0 unspecified atom stereocenters. The summed E-state index contributed by atoms with van der Waals surface area (Å²) >= 11 is 15.0. The van der Waals surface area contributed by atoms with Gasteiger partial charge in [0.25, 0.3) is 0 Å². The smallest absolute Gasteiger partial charge is 0.244 e. The van der Waals surface area contributed by atoms with Crippen LogP contribution in [0.1, 0.15) is 54.6 Å². The topological polar surface area (TPSA) is 66.5 Å². The van der Waals surface area contributed by atoms with Gasteiger partial charge in [0, 0.05) is 0 Å². The first kappa shape index (κ1) is 25.1. The predicted molar refractivity (Wildman–Crippen MR) is 147 cm³/mol. The van der Waals surface area contributed by atoms with Crippen LogP contribution in [0.3, 0.4) is 0 Å².